The molecule has 1 aromatic rings. The van der Waals surface area contributed by atoms with Gasteiger partial charge in [-0.2, -0.15) is 0 Å². The number of carbonyl (C=O) groups excluding carboxylic acids is 1. The van der Waals surface area contributed by atoms with E-state index < -0.39 is 0 Å². The molecule has 0 aliphatic carbocycles. The van der Waals surface area contributed by atoms with Crippen LogP contribution < -0.4 is 5.32 Å². The molecule has 1 aromatic carbocycles. The third kappa shape index (κ3) is 6.09. The second-order valence-electron chi connectivity index (χ2n) is 3.52. The standard InChI is InChI=1S/C13H16ClNO2/c1-17-10-2-9-15-13(16)8-5-11-3-6-12(14)7-4-11/h3-8H,2,9-10H2,1H3,(H,15,16)/b8-5+. The smallest absolute Gasteiger partial charge is 0.244 e. The van der Waals surface area contributed by atoms with Gasteiger partial charge in [0, 0.05) is 31.4 Å². The summed E-state index contributed by atoms with van der Waals surface area (Å²) in [5.74, 6) is -0.101. The maximum absolute atomic E-state index is 11.4. The van der Waals surface area contributed by atoms with Crippen molar-refractivity contribution in [2.24, 2.45) is 0 Å². The lowest BCUT2D eigenvalue weighted by Crippen LogP contribution is -2.22. The van der Waals surface area contributed by atoms with Crippen LogP contribution in [0.5, 0.6) is 0 Å². The van der Waals surface area contributed by atoms with E-state index in [-0.39, 0.29) is 5.91 Å². The third-order valence-electron chi connectivity index (χ3n) is 2.12. The first-order chi connectivity index (χ1) is 8.22. The summed E-state index contributed by atoms with van der Waals surface area (Å²) in [6.45, 7) is 1.28. The molecule has 1 rings (SSSR count). The molecule has 1 amide bonds. The molecule has 0 saturated heterocycles. The second-order valence-corrected chi connectivity index (χ2v) is 3.96. The maximum Gasteiger partial charge on any atom is 0.244 e. The van der Waals surface area contributed by atoms with E-state index in [1.54, 1.807) is 25.3 Å². The van der Waals surface area contributed by atoms with Gasteiger partial charge in [0.05, 0.1) is 0 Å². The van der Waals surface area contributed by atoms with E-state index in [2.05, 4.69) is 5.32 Å². The van der Waals surface area contributed by atoms with Crippen molar-refractivity contribution in [1.82, 2.24) is 5.32 Å². The number of methoxy groups -OCH3 is 1. The van der Waals surface area contributed by atoms with Crippen molar-refractivity contribution in [3.8, 4) is 0 Å². The van der Waals surface area contributed by atoms with Gasteiger partial charge in [0.1, 0.15) is 0 Å². The Kier molecular flexibility index (Phi) is 6.37. The van der Waals surface area contributed by atoms with Crippen LogP contribution in [0.4, 0.5) is 0 Å². The molecule has 92 valence electrons. The summed E-state index contributed by atoms with van der Waals surface area (Å²) >= 11 is 5.76. The molecule has 3 nitrogen and oxygen atoms in total. The highest BCUT2D eigenvalue weighted by atomic mass is 35.5. The van der Waals surface area contributed by atoms with Crippen LogP contribution in [-0.2, 0) is 9.53 Å². The lowest BCUT2D eigenvalue weighted by molar-refractivity contribution is -0.116. The Morgan fingerprint density at radius 2 is 2.12 bits per heavy atom. The molecule has 0 unspecified atom stereocenters. The molecule has 4 heteroatoms. The van der Waals surface area contributed by atoms with E-state index in [9.17, 15) is 4.79 Å². The van der Waals surface area contributed by atoms with E-state index in [0.29, 0.717) is 18.2 Å². The summed E-state index contributed by atoms with van der Waals surface area (Å²) in [7, 11) is 1.64. The van der Waals surface area contributed by atoms with Crippen LogP contribution in [0, 0.1) is 0 Å². The van der Waals surface area contributed by atoms with Gasteiger partial charge in [-0.25, -0.2) is 0 Å². The number of halogens is 1. The normalized spacial score (nSPS) is 10.7. The lowest BCUT2D eigenvalue weighted by Gasteiger charge is -2.00. The van der Waals surface area contributed by atoms with Gasteiger partial charge in [-0.05, 0) is 30.2 Å². The molecule has 1 N–H and O–H groups in total. The lowest BCUT2D eigenvalue weighted by atomic mass is 10.2. The molecular formula is C13H16ClNO2. The highest BCUT2D eigenvalue weighted by Gasteiger charge is 1.94. The molecule has 0 heterocycles. The first-order valence-corrected chi connectivity index (χ1v) is 5.80. The largest absolute Gasteiger partial charge is 0.385 e. The number of hydrogen-bond donors (Lipinski definition) is 1. The van der Waals surface area contributed by atoms with Gasteiger partial charge in [0.15, 0.2) is 0 Å². The zero-order chi connectivity index (χ0) is 12.5. The van der Waals surface area contributed by atoms with Crippen molar-refractivity contribution in [2.75, 3.05) is 20.3 Å². The number of nitrogens with one attached hydrogen (secondary N) is 1. The van der Waals surface area contributed by atoms with Crippen LogP contribution in [0.1, 0.15) is 12.0 Å². The van der Waals surface area contributed by atoms with Crippen molar-refractivity contribution < 1.29 is 9.53 Å². The molecule has 17 heavy (non-hydrogen) atoms. The first kappa shape index (κ1) is 13.7. The Hall–Kier alpha value is -1.32. The topological polar surface area (TPSA) is 38.3 Å². The second kappa shape index (κ2) is 7.87. The molecule has 0 aliphatic heterocycles. The van der Waals surface area contributed by atoms with Crippen molar-refractivity contribution in [3.05, 3.63) is 40.9 Å². The molecule has 0 spiro atoms. The Bertz CT molecular complexity index is 374. The number of rotatable bonds is 6. The fraction of sp³-hybridized carbons (Fsp3) is 0.308. The third-order valence-corrected chi connectivity index (χ3v) is 2.37. The SMILES string of the molecule is COCCCNC(=O)/C=C/c1ccc(Cl)cc1. The first-order valence-electron chi connectivity index (χ1n) is 5.43. The van der Waals surface area contributed by atoms with Crippen LogP contribution >= 0.6 is 11.6 Å². The Morgan fingerprint density at radius 1 is 1.41 bits per heavy atom. The Labute approximate surface area is 106 Å². The minimum atomic E-state index is -0.101. The molecule has 0 aromatic heterocycles. The van der Waals surface area contributed by atoms with Gasteiger partial charge < -0.3 is 10.1 Å². The van der Waals surface area contributed by atoms with Gasteiger partial charge >= 0.3 is 0 Å². The minimum Gasteiger partial charge on any atom is -0.385 e. The molecule has 0 atom stereocenters. The van der Waals surface area contributed by atoms with Gasteiger partial charge in [0.2, 0.25) is 5.91 Å². The molecule has 0 radical (unpaired) electrons. The summed E-state index contributed by atoms with van der Waals surface area (Å²) < 4.78 is 4.88. The average molecular weight is 254 g/mol. The van der Waals surface area contributed by atoms with Crippen LogP contribution in [0.3, 0.4) is 0 Å². The van der Waals surface area contributed by atoms with Crippen molar-refractivity contribution in [1.29, 1.82) is 0 Å². The highest BCUT2D eigenvalue weighted by Crippen LogP contribution is 2.10. The molecule has 0 aliphatic rings. The van der Waals surface area contributed by atoms with E-state index in [4.69, 9.17) is 16.3 Å². The van der Waals surface area contributed by atoms with E-state index >= 15 is 0 Å². The summed E-state index contributed by atoms with van der Waals surface area (Å²) in [6, 6.07) is 7.30. The quantitative estimate of drug-likeness (QED) is 0.625. The number of amides is 1. The Morgan fingerprint density at radius 3 is 2.76 bits per heavy atom. The molecule has 0 bridgehead atoms. The van der Waals surface area contributed by atoms with Crippen LogP contribution in [0.25, 0.3) is 6.08 Å². The number of carbonyl (C=O) groups is 1. The molecule has 0 fully saturated rings. The Balaban J connectivity index is 2.32. The number of ether oxygens (including phenoxy) is 1. The fourth-order valence-electron chi connectivity index (χ4n) is 1.23. The summed E-state index contributed by atoms with van der Waals surface area (Å²) in [4.78, 5) is 11.4. The maximum atomic E-state index is 11.4. The van der Waals surface area contributed by atoms with Gasteiger partial charge in [-0.3, -0.25) is 4.79 Å². The van der Waals surface area contributed by atoms with Crippen molar-refractivity contribution in [3.63, 3.8) is 0 Å². The minimum absolute atomic E-state index is 0.101. The predicted molar refractivity (Wildman–Crippen MR) is 70.0 cm³/mol. The van der Waals surface area contributed by atoms with E-state index in [0.717, 1.165) is 12.0 Å². The number of benzene rings is 1. The van der Waals surface area contributed by atoms with E-state index in [1.807, 2.05) is 12.1 Å². The molecule has 0 saturated carbocycles. The summed E-state index contributed by atoms with van der Waals surface area (Å²) in [6.07, 6.45) is 4.08. The number of hydrogen-bond acceptors (Lipinski definition) is 2. The van der Waals surface area contributed by atoms with Crippen LogP contribution in [0.15, 0.2) is 30.3 Å². The van der Waals surface area contributed by atoms with Crippen molar-refractivity contribution in [2.45, 2.75) is 6.42 Å². The predicted octanol–water partition coefficient (Wildman–Crippen LogP) is 2.51. The molecular weight excluding hydrogens is 238 g/mol. The van der Waals surface area contributed by atoms with Gasteiger partial charge in [-0.1, -0.05) is 23.7 Å². The van der Waals surface area contributed by atoms with Crippen LogP contribution in [0.2, 0.25) is 5.02 Å². The zero-order valence-electron chi connectivity index (χ0n) is 9.78. The van der Waals surface area contributed by atoms with Gasteiger partial charge in [0.25, 0.3) is 0 Å². The zero-order valence-corrected chi connectivity index (χ0v) is 10.5. The monoisotopic (exact) mass is 253 g/mol. The van der Waals surface area contributed by atoms with Crippen LogP contribution in [-0.4, -0.2) is 26.2 Å². The fourth-order valence-corrected chi connectivity index (χ4v) is 1.36. The van der Waals surface area contributed by atoms with Crippen molar-refractivity contribution >= 4 is 23.6 Å². The summed E-state index contributed by atoms with van der Waals surface area (Å²) in [5, 5.41) is 3.45. The van der Waals surface area contributed by atoms with E-state index in [1.165, 1.54) is 6.08 Å². The van der Waals surface area contributed by atoms with Gasteiger partial charge in [-0.15, -0.1) is 0 Å². The summed E-state index contributed by atoms with van der Waals surface area (Å²) in [5.41, 5.74) is 0.946. The average Bonchev–Trinajstić information content (AvgIpc) is 2.34. The highest BCUT2D eigenvalue weighted by molar-refractivity contribution is 6.30.